The molecule has 0 aliphatic rings. The van der Waals surface area contributed by atoms with E-state index in [0.29, 0.717) is 23.8 Å². The molecule has 21 heavy (non-hydrogen) atoms. The van der Waals surface area contributed by atoms with E-state index in [4.69, 9.17) is 20.4 Å². The second-order valence-electron chi connectivity index (χ2n) is 4.35. The molecule has 6 heteroatoms. The van der Waals surface area contributed by atoms with E-state index in [-0.39, 0.29) is 5.84 Å². The number of ether oxygens (including phenoxy) is 2. The molecule has 0 spiro atoms. The minimum Gasteiger partial charge on any atom is -0.457 e. The van der Waals surface area contributed by atoms with Crippen molar-refractivity contribution in [3.8, 4) is 11.5 Å². The summed E-state index contributed by atoms with van der Waals surface area (Å²) in [6.07, 6.45) is 2.40. The number of rotatable bonds is 6. The van der Waals surface area contributed by atoms with Crippen LogP contribution in [-0.2, 0) is 11.2 Å². The Morgan fingerprint density at radius 2 is 2.00 bits per heavy atom. The van der Waals surface area contributed by atoms with Gasteiger partial charge in [0.05, 0.1) is 6.61 Å². The minimum atomic E-state index is -0.0598. The van der Waals surface area contributed by atoms with Crippen LogP contribution in [0.4, 0.5) is 0 Å². The van der Waals surface area contributed by atoms with E-state index < -0.39 is 0 Å². The monoisotopic (exact) mass is 287 g/mol. The molecule has 110 valence electrons. The van der Waals surface area contributed by atoms with Crippen LogP contribution < -0.4 is 10.5 Å². The smallest absolute Gasteiger partial charge is 0.188 e. The van der Waals surface area contributed by atoms with Crippen molar-refractivity contribution in [2.45, 2.75) is 6.42 Å². The van der Waals surface area contributed by atoms with Gasteiger partial charge in [-0.3, -0.25) is 4.98 Å². The molecule has 1 aromatic heterocycles. The number of nitrogens with two attached hydrogens (primary N) is 1. The average Bonchev–Trinajstić information content (AvgIpc) is 2.53. The Morgan fingerprint density at radius 3 is 2.67 bits per heavy atom. The SMILES string of the molecule is COCCc1ccc(Oc2ccnc(C(N)=NO)c2)cc1. The third-order valence-corrected chi connectivity index (χ3v) is 2.86. The zero-order valence-corrected chi connectivity index (χ0v) is 11.7. The fourth-order valence-electron chi connectivity index (χ4n) is 1.75. The van der Waals surface area contributed by atoms with E-state index in [1.54, 1.807) is 19.2 Å². The van der Waals surface area contributed by atoms with Crippen molar-refractivity contribution in [3.05, 3.63) is 53.9 Å². The number of aromatic nitrogens is 1. The van der Waals surface area contributed by atoms with Gasteiger partial charge in [0.2, 0.25) is 0 Å². The van der Waals surface area contributed by atoms with Crippen molar-refractivity contribution in [2.75, 3.05) is 13.7 Å². The summed E-state index contributed by atoms with van der Waals surface area (Å²) in [7, 11) is 1.68. The molecule has 0 aliphatic heterocycles. The van der Waals surface area contributed by atoms with E-state index in [0.717, 1.165) is 6.42 Å². The van der Waals surface area contributed by atoms with Gasteiger partial charge in [0.15, 0.2) is 5.84 Å². The summed E-state index contributed by atoms with van der Waals surface area (Å²) in [5.41, 5.74) is 7.02. The minimum absolute atomic E-state index is 0.0598. The van der Waals surface area contributed by atoms with Crippen LogP contribution >= 0.6 is 0 Å². The highest BCUT2D eigenvalue weighted by Gasteiger charge is 2.04. The van der Waals surface area contributed by atoms with Gasteiger partial charge >= 0.3 is 0 Å². The first-order valence-electron chi connectivity index (χ1n) is 6.42. The third kappa shape index (κ3) is 4.19. The summed E-state index contributed by atoms with van der Waals surface area (Å²) >= 11 is 0. The molecule has 0 unspecified atom stereocenters. The number of methoxy groups -OCH3 is 1. The summed E-state index contributed by atoms with van der Waals surface area (Å²) in [4.78, 5) is 3.99. The van der Waals surface area contributed by atoms with Crippen molar-refractivity contribution < 1.29 is 14.7 Å². The predicted octanol–water partition coefficient (Wildman–Crippen LogP) is 2.16. The lowest BCUT2D eigenvalue weighted by molar-refractivity contribution is 0.202. The second kappa shape index (κ2) is 7.25. The van der Waals surface area contributed by atoms with Gasteiger partial charge < -0.3 is 20.4 Å². The summed E-state index contributed by atoms with van der Waals surface area (Å²) in [6, 6.07) is 11.0. The number of nitrogens with zero attached hydrogens (tertiary/aromatic N) is 2. The first-order valence-corrected chi connectivity index (χ1v) is 6.42. The highest BCUT2D eigenvalue weighted by atomic mass is 16.5. The van der Waals surface area contributed by atoms with E-state index in [9.17, 15) is 0 Å². The van der Waals surface area contributed by atoms with Crippen LogP contribution in [-0.4, -0.2) is 29.7 Å². The van der Waals surface area contributed by atoms with Gasteiger partial charge in [0.25, 0.3) is 0 Å². The van der Waals surface area contributed by atoms with Crippen molar-refractivity contribution in [3.63, 3.8) is 0 Å². The molecule has 0 atom stereocenters. The fourth-order valence-corrected chi connectivity index (χ4v) is 1.75. The quantitative estimate of drug-likeness (QED) is 0.368. The highest BCUT2D eigenvalue weighted by Crippen LogP contribution is 2.22. The van der Waals surface area contributed by atoms with Crippen molar-refractivity contribution in [1.82, 2.24) is 4.98 Å². The normalized spacial score (nSPS) is 11.4. The van der Waals surface area contributed by atoms with Gasteiger partial charge in [-0.05, 0) is 30.2 Å². The first-order chi connectivity index (χ1) is 10.2. The Bertz CT molecular complexity index is 612. The number of hydrogen-bond donors (Lipinski definition) is 2. The predicted molar refractivity (Wildman–Crippen MR) is 78.8 cm³/mol. The van der Waals surface area contributed by atoms with Gasteiger partial charge in [0.1, 0.15) is 17.2 Å². The Labute approximate surface area is 122 Å². The number of hydrogen-bond acceptors (Lipinski definition) is 5. The van der Waals surface area contributed by atoms with Crippen LogP contribution in [0.1, 0.15) is 11.3 Å². The van der Waals surface area contributed by atoms with Gasteiger partial charge in [-0.1, -0.05) is 17.3 Å². The van der Waals surface area contributed by atoms with Crippen LogP contribution in [0, 0.1) is 0 Å². The maximum atomic E-state index is 8.64. The molecular weight excluding hydrogens is 270 g/mol. The maximum Gasteiger partial charge on any atom is 0.188 e. The van der Waals surface area contributed by atoms with Crippen LogP contribution in [0.25, 0.3) is 0 Å². The Morgan fingerprint density at radius 1 is 1.24 bits per heavy atom. The number of amidine groups is 1. The molecule has 0 radical (unpaired) electrons. The molecule has 2 aromatic rings. The molecule has 1 heterocycles. The van der Waals surface area contributed by atoms with Crippen molar-refractivity contribution in [1.29, 1.82) is 0 Å². The van der Waals surface area contributed by atoms with Crippen molar-refractivity contribution >= 4 is 5.84 Å². The summed E-state index contributed by atoms with van der Waals surface area (Å²) < 4.78 is 10.7. The zero-order chi connectivity index (χ0) is 15.1. The van der Waals surface area contributed by atoms with Crippen molar-refractivity contribution in [2.24, 2.45) is 10.9 Å². The Balaban J connectivity index is 2.07. The van der Waals surface area contributed by atoms with Crippen LogP contribution in [0.15, 0.2) is 47.8 Å². The lowest BCUT2D eigenvalue weighted by Gasteiger charge is -2.07. The van der Waals surface area contributed by atoms with E-state index in [1.165, 1.54) is 11.8 Å². The molecule has 0 amide bonds. The summed E-state index contributed by atoms with van der Waals surface area (Å²) in [5.74, 6) is 1.21. The highest BCUT2D eigenvalue weighted by molar-refractivity contribution is 5.95. The average molecular weight is 287 g/mol. The standard InChI is InChI=1S/C15H17N3O3/c1-20-9-7-11-2-4-12(5-3-11)21-13-6-8-17-14(10-13)15(16)18-19/h2-6,8,10,19H,7,9H2,1H3,(H2,16,18). The molecule has 0 bridgehead atoms. The topological polar surface area (TPSA) is 90.0 Å². The Hall–Kier alpha value is -2.60. The van der Waals surface area contributed by atoms with Crippen LogP contribution in [0.2, 0.25) is 0 Å². The molecule has 0 fully saturated rings. The molecule has 1 aromatic carbocycles. The summed E-state index contributed by atoms with van der Waals surface area (Å²) in [5, 5.41) is 11.6. The number of benzene rings is 1. The van der Waals surface area contributed by atoms with Gasteiger partial charge in [-0.25, -0.2) is 0 Å². The number of pyridine rings is 1. The molecule has 0 saturated carbocycles. The van der Waals surface area contributed by atoms with Crippen LogP contribution in [0.5, 0.6) is 11.5 Å². The molecule has 3 N–H and O–H groups in total. The lowest BCUT2D eigenvalue weighted by Crippen LogP contribution is -2.14. The molecule has 2 rings (SSSR count). The molecule has 0 aliphatic carbocycles. The van der Waals surface area contributed by atoms with E-state index >= 15 is 0 Å². The maximum absolute atomic E-state index is 8.64. The number of oxime groups is 1. The first kappa shape index (κ1) is 14.8. The third-order valence-electron chi connectivity index (χ3n) is 2.86. The van der Waals surface area contributed by atoms with E-state index in [1.807, 2.05) is 24.3 Å². The zero-order valence-electron chi connectivity index (χ0n) is 11.7. The van der Waals surface area contributed by atoms with Gasteiger partial charge in [-0.15, -0.1) is 0 Å². The second-order valence-corrected chi connectivity index (χ2v) is 4.35. The van der Waals surface area contributed by atoms with E-state index in [2.05, 4.69) is 10.1 Å². The van der Waals surface area contributed by atoms with Gasteiger partial charge in [-0.2, -0.15) is 0 Å². The van der Waals surface area contributed by atoms with Crippen LogP contribution in [0.3, 0.4) is 0 Å². The fraction of sp³-hybridized carbons (Fsp3) is 0.200. The molecule has 0 saturated heterocycles. The molecular formula is C15H17N3O3. The molecule has 6 nitrogen and oxygen atoms in total. The lowest BCUT2D eigenvalue weighted by atomic mass is 10.1. The Kier molecular flexibility index (Phi) is 5.11. The summed E-state index contributed by atoms with van der Waals surface area (Å²) in [6.45, 7) is 0.688. The largest absolute Gasteiger partial charge is 0.457 e. The van der Waals surface area contributed by atoms with Gasteiger partial charge in [0, 0.05) is 19.4 Å².